The monoisotopic (exact) mass is 356 g/mol. The third-order valence-electron chi connectivity index (χ3n) is 4.02. The van der Waals surface area contributed by atoms with Crippen molar-refractivity contribution >= 4 is 16.9 Å². The summed E-state index contributed by atoms with van der Waals surface area (Å²) in [6, 6.07) is 12.8. The minimum absolute atomic E-state index is 0.0304. The molecule has 1 aromatic heterocycles. The van der Waals surface area contributed by atoms with E-state index in [1.165, 1.54) is 0 Å². The normalized spacial score (nSPS) is 10.7. The van der Waals surface area contributed by atoms with Crippen LogP contribution in [0.1, 0.15) is 21.7 Å². The maximum atomic E-state index is 12.6. The van der Waals surface area contributed by atoms with Crippen molar-refractivity contribution in [2.24, 2.45) is 0 Å². The molecule has 0 N–H and O–H groups in total. The lowest BCUT2D eigenvalue weighted by Gasteiger charge is -2.12. The summed E-state index contributed by atoms with van der Waals surface area (Å²) in [7, 11) is 4.66. The molecule has 1 heterocycles. The number of hydrogen-bond acceptors (Lipinski definition) is 6. The number of hydrogen-bond donors (Lipinski definition) is 0. The highest BCUT2D eigenvalue weighted by molar-refractivity contribution is 5.96. The highest BCUT2D eigenvalue weighted by atomic mass is 16.5. The molecule has 26 heavy (non-hydrogen) atoms. The molecule has 0 spiro atoms. The molecular weight excluding hydrogens is 336 g/mol. The lowest BCUT2D eigenvalue weighted by Crippen LogP contribution is -2.08. The van der Waals surface area contributed by atoms with Gasteiger partial charge in [0, 0.05) is 23.6 Å². The van der Waals surface area contributed by atoms with Crippen molar-refractivity contribution in [2.45, 2.75) is 13.2 Å². The Hall–Kier alpha value is -2.99. The Morgan fingerprint density at radius 3 is 2.50 bits per heavy atom. The van der Waals surface area contributed by atoms with Crippen LogP contribution in [0, 0.1) is 0 Å². The van der Waals surface area contributed by atoms with Gasteiger partial charge in [-0.3, -0.25) is 0 Å². The summed E-state index contributed by atoms with van der Waals surface area (Å²) in [6.07, 6.45) is 0. The molecule has 0 bridgehead atoms. The molecule has 0 unspecified atom stereocenters. The van der Waals surface area contributed by atoms with E-state index in [2.05, 4.69) is 0 Å². The molecule has 0 aliphatic carbocycles. The molecule has 0 amide bonds. The van der Waals surface area contributed by atoms with Crippen molar-refractivity contribution in [1.82, 2.24) is 0 Å². The number of fused-ring (bicyclic) bond motifs is 1. The van der Waals surface area contributed by atoms with Gasteiger partial charge in [0.15, 0.2) is 11.5 Å². The standard InChI is InChI=1S/C20H20O6/c1-22-12-15-14-8-4-5-9-16(14)26-19(15)20(21)25-11-13-7-6-10-17(23-2)18(13)24-3/h4-10H,11-12H2,1-3H3. The topological polar surface area (TPSA) is 67.1 Å². The first kappa shape index (κ1) is 17.8. The number of methoxy groups -OCH3 is 3. The van der Waals surface area contributed by atoms with Gasteiger partial charge < -0.3 is 23.4 Å². The third kappa shape index (κ3) is 3.36. The molecule has 0 aliphatic heterocycles. The van der Waals surface area contributed by atoms with Gasteiger partial charge in [-0.25, -0.2) is 4.79 Å². The molecular formula is C20H20O6. The zero-order chi connectivity index (χ0) is 18.5. The van der Waals surface area contributed by atoms with Crippen LogP contribution >= 0.6 is 0 Å². The summed E-state index contributed by atoms with van der Waals surface area (Å²) in [6.45, 7) is 0.284. The molecule has 3 rings (SSSR count). The third-order valence-corrected chi connectivity index (χ3v) is 4.02. The van der Waals surface area contributed by atoms with E-state index in [4.69, 9.17) is 23.4 Å². The number of carbonyl (C=O) groups is 1. The highest BCUT2D eigenvalue weighted by Gasteiger charge is 2.22. The van der Waals surface area contributed by atoms with E-state index in [-0.39, 0.29) is 19.0 Å². The van der Waals surface area contributed by atoms with Crippen LogP contribution in [0.2, 0.25) is 0 Å². The molecule has 0 aliphatic rings. The fraction of sp³-hybridized carbons (Fsp3) is 0.250. The lowest BCUT2D eigenvalue weighted by molar-refractivity contribution is 0.0429. The van der Waals surface area contributed by atoms with E-state index < -0.39 is 5.97 Å². The summed E-state index contributed by atoms with van der Waals surface area (Å²) >= 11 is 0. The van der Waals surface area contributed by atoms with Crippen molar-refractivity contribution in [2.75, 3.05) is 21.3 Å². The fourth-order valence-electron chi connectivity index (χ4n) is 2.83. The summed E-state index contributed by atoms with van der Waals surface area (Å²) in [4.78, 5) is 12.6. The Labute approximate surface area is 151 Å². The van der Waals surface area contributed by atoms with Crippen LogP contribution in [0.15, 0.2) is 46.9 Å². The Kier molecular flexibility index (Phi) is 5.43. The van der Waals surface area contributed by atoms with Crippen molar-refractivity contribution in [3.8, 4) is 11.5 Å². The average Bonchev–Trinajstić information content (AvgIpc) is 3.04. The fourth-order valence-corrected chi connectivity index (χ4v) is 2.83. The van der Waals surface area contributed by atoms with E-state index in [0.29, 0.717) is 28.2 Å². The Morgan fingerprint density at radius 2 is 1.77 bits per heavy atom. The van der Waals surface area contributed by atoms with Gasteiger partial charge in [0.25, 0.3) is 0 Å². The first-order valence-electron chi connectivity index (χ1n) is 8.06. The second kappa shape index (κ2) is 7.93. The molecule has 0 atom stereocenters. The summed E-state index contributed by atoms with van der Waals surface area (Å²) in [5, 5.41) is 0.834. The Balaban J connectivity index is 1.85. The van der Waals surface area contributed by atoms with Crippen LogP contribution in [0.5, 0.6) is 11.5 Å². The van der Waals surface area contributed by atoms with E-state index in [1.807, 2.05) is 30.3 Å². The molecule has 6 nitrogen and oxygen atoms in total. The number of ether oxygens (including phenoxy) is 4. The second-order valence-corrected chi connectivity index (χ2v) is 5.57. The minimum atomic E-state index is -0.557. The lowest BCUT2D eigenvalue weighted by atomic mass is 10.1. The van der Waals surface area contributed by atoms with Crippen LogP contribution in [0.3, 0.4) is 0 Å². The van der Waals surface area contributed by atoms with Gasteiger partial charge in [0.05, 0.1) is 20.8 Å². The van der Waals surface area contributed by atoms with E-state index in [9.17, 15) is 4.79 Å². The molecule has 6 heteroatoms. The molecule has 0 fully saturated rings. The van der Waals surface area contributed by atoms with Gasteiger partial charge in [0.1, 0.15) is 12.2 Å². The van der Waals surface area contributed by atoms with Gasteiger partial charge in [-0.2, -0.15) is 0 Å². The molecule has 2 aromatic carbocycles. The van der Waals surface area contributed by atoms with Crippen molar-refractivity contribution in [3.63, 3.8) is 0 Å². The summed E-state index contributed by atoms with van der Waals surface area (Å²) in [5.41, 5.74) is 1.99. The van der Waals surface area contributed by atoms with Crippen LogP contribution in [0.4, 0.5) is 0 Å². The van der Waals surface area contributed by atoms with Gasteiger partial charge in [-0.05, 0) is 12.1 Å². The maximum Gasteiger partial charge on any atom is 0.374 e. The zero-order valence-electron chi connectivity index (χ0n) is 14.9. The number of esters is 1. The van der Waals surface area contributed by atoms with Crippen molar-refractivity contribution in [1.29, 1.82) is 0 Å². The Bertz CT molecular complexity index is 912. The molecule has 0 radical (unpaired) electrons. The second-order valence-electron chi connectivity index (χ2n) is 5.57. The highest BCUT2D eigenvalue weighted by Crippen LogP contribution is 2.32. The van der Waals surface area contributed by atoms with Gasteiger partial charge in [-0.1, -0.05) is 30.3 Å². The first-order valence-corrected chi connectivity index (χ1v) is 8.06. The number of para-hydroxylation sites is 2. The maximum absolute atomic E-state index is 12.6. The molecule has 0 saturated carbocycles. The number of benzene rings is 2. The number of carbonyl (C=O) groups excluding carboxylic acids is 1. The SMILES string of the molecule is COCc1c(C(=O)OCc2cccc(OC)c2OC)oc2ccccc12. The smallest absolute Gasteiger partial charge is 0.374 e. The first-order chi connectivity index (χ1) is 12.7. The predicted molar refractivity (Wildman–Crippen MR) is 95.6 cm³/mol. The Morgan fingerprint density at radius 1 is 0.962 bits per heavy atom. The van der Waals surface area contributed by atoms with Gasteiger partial charge >= 0.3 is 5.97 Å². The van der Waals surface area contributed by atoms with Gasteiger partial charge in [-0.15, -0.1) is 0 Å². The molecule has 3 aromatic rings. The van der Waals surface area contributed by atoms with Crippen LogP contribution < -0.4 is 9.47 Å². The number of furan rings is 1. The van der Waals surface area contributed by atoms with Crippen LogP contribution in [-0.4, -0.2) is 27.3 Å². The van der Waals surface area contributed by atoms with Crippen molar-refractivity contribution < 1.29 is 28.2 Å². The predicted octanol–water partition coefficient (Wildman–Crippen LogP) is 3.95. The van der Waals surface area contributed by atoms with E-state index in [0.717, 1.165) is 5.39 Å². The summed E-state index contributed by atoms with van der Waals surface area (Å²) in [5.74, 6) is 0.697. The average molecular weight is 356 g/mol. The molecule has 136 valence electrons. The quantitative estimate of drug-likeness (QED) is 0.597. The largest absolute Gasteiger partial charge is 0.493 e. The summed E-state index contributed by atoms with van der Waals surface area (Å²) < 4.78 is 27.0. The van der Waals surface area contributed by atoms with Crippen LogP contribution in [0.25, 0.3) is 11.0 Å². The van der Waals surface area contributed by atoms with Gasteiger partial charge in [0.2, 0.25) is 5.76 Å². The van der Waals surface area contributed by atoms with E-state index in [1.54, 1.807) is 33.5 Å². The van der Waals surface area contributed by atoms with Crippen LogP contribution in [-0.2, 0) is 22.7 Å². The zero-order valence-corrected chi connectivity index (χ0v) is 14.9. The minimum Gasteiger partial charge on any atom is -0.493 e. The number of rotatable bonds is 7. The van der Waals surface area contributed by atoms with E-state index >= 15 is 0 Å². The van der Waals surface area contributed by atoms with Crippen molar-refractivity contribution in [3.05, 3.63) is 59.4 Å². The molecule has 0 saturated heterocycles.